The molecule has 0 saturated carbocycles. The summed E-state index contributed by atoms with van der Waals surface area (Å²) < 4.78 is 11.3. The Balaban J connectivity index is 1.40. The number of para-hydroxylation sites is 2. The number of benzene rings is 2. The van der Waals surface area contributed by atoms with Gasteiger partial charge >= 0.3 is 6.03 Å². The molecule has 2 aliphatic rings. The van der Waals surface area contributed by atoms with Crippen LogP contribution in [0.3, 0.4) is 0 Å². The number of hydrogen-bond acceptors (Lipinski definition) is 6. The molecule has 2 aliphatic heterocycles. The lowest BCUT2D eigenvalue weighted by atomic mass is 10.0. The molecular formula is C28H33N5O3. The maximum atomic E-state index is 13.2. The number of carbonyl (C=O) groups excluding carboxylic acids is 1. The van der Waals surface area contributed by atoms with Crippen molar-refractivity contribution in [3.63, 3.8) is 0 Å². The molecule has 8 heteroatoms. The molecule has 2 amide bonds. The molecule has 1 N–H and O–H groups in total. The Hall–Kier alpha value is -3.65. The van der Waals surface area contributed by atoms with Crippen molar-refractivity contribution in [1.29, 1.82) is 0 Å². The van der Waals surface area contributed by atoms with Gasteiger partial charge in [0.1, 0.15) is 17.4 Å². The summed E-state index contributed by atoms with van der Waals surface area (Å²) in [4.78, 5) is 27.3. The molecule has 3 aromatic rings. The predicted molar refractivity (Wildman–Crippen MR) is 140 cm³/mol. The third kappa shape index (κ3) is 5.44. The zero-order valence-corrected chi connectivity index (χ0v) is 21.0. The number of amides is 2. The minimum Gasteiger partial charge on any atom is -0.492 e. The molecule has 0 spiro atoms. The lowest BCUT2D eigenvalue weighted by Crippen LogP contribution is -2.42. The maximum Gasteiger partial charge on any atom is 0.322 e. The summed E-state index contributed by atoms with van der Waals surface area (Å²) in [5.74, 6) is 2.42. The van der Waals surface area contributed by atoms with Crippen LogP contribution in [-0.2, 0) is 24.1 Å². The third-order valence-electron chi connectivity index (χ3n) is 6.56. The molecule has 0 atom stereocenters. The van der Waals surface area contributed by atoms with Gasteiger partial charge in [0.25, 0.3) is 0 Å². The number of urea groups is 1. The fourth-order valence-corrected chi connectivity index (χ4v) is 4.79. The van der Waals surface area contributed by atoms with E-state index in [1.54, 1.807) is 0 Å². The monoisotopic (exact) mass is 487 g/mol. The molecule has 3 heterocycles. The van der Waals surface area contributed by atoms with Gasteiger partial charge in [0.2, 0.25) is 0 Å². The van der Waals surface area contributed by atoms with Crippen molar-refractivity contribution in [1.82, 2.24) is 14.9 Å². The highest BCUT2D eigenvalue weighted by molar-refractivity contribution is 5.91. The van der Waals surface area contributed by atoms with E-state index in [1.165, 1.54) is 11.1 Å². The summed E-state index contributed by atoms with van der Waals surface area (Å²) in [7, 11) is 0. The number of anilines is 2. The van der Waals surface area contributed by atoms with Gasteiger partial charge in [-0.2, -0.15) is 0 Å². The minimum absolute atomic E-state index is 0.149. The highest BCUT2D eigenvalue weighted by Crippen LogP contribution is 2.30. The number of morpholine rings is 1. The van der Waals surface area contributed by atoms with Crippen molar-refractivity contribution >= 4 is 17.5 Å². The van der Waals surface area contributed by atoms with E-state index in [0.29, 0.717) is 57.2 Å². The fraction of sp³-hybridized carbons (Fsp3) is 0.393. The second-order valence-corrected chi connectivity index (χ2v) is 9.18. The van der Waals surface area contributed by atoms with Crippen molar-refractivity contribution in [2.24, 2.45) is 0 Å². The van der Waals surface area contributed by atoms with E-state index in [0.717, 1.165) is 36.0 Å². The zero-order chi connectivity index (χ0) is 24.9. The minimum atomic E-state index is -0.149. The van der Waals surface area contributed by atoms with E-state index in [9.17, 15) is 4.79 Å². The Kier molecular flexibility index (Phi) is 7.32. The summed E-state index contributed by atoms with van der Waals surface area (Å²) >= 11 is 0. The normalized spacial score (nSPS) is 15.4. The first-order chi connectivity index (χ1) is 17.6. The topological polar surface area (TPSA) is 79.8 Å². The number of hydrogen-bond donors (Lipinski definition) is 1. The molecule has 1 fully saturated rings. The van der Waals surface area contributed by atoms with Crippen molar-refractivity contribution in [2.45, 2.75) is 33.2 Å². The van der Waals surface area contributed by atoms with Gasteiger partial charge < -0.3 is 24.6 Å². The Bertz CT molecular complexity index is 1230. The summed E-state index contributed by atoms with van der Waals surface area (Å²) in [5.41, 5.74) is 5.17. The number of nitrogens with one attached hydrogen (secondary N) is 1. The van der Waals surface area contributed by atoms with E-state index < -0.39 is 0 Å². The van der Waals surface area contributed by atoms with Crippen LogP contribution in [0.2, 0.25) is 0 Å². The summed E-state index contributed by atoms with van der Waals surface area (Å²) in [6.07, 6.45) is 1.38. The van der Waals surface area contributed by atoms with E-state index in [4.69, 9.17) is 19.4 Å². The summed E-state index contributed by atoms with van der Waals surface area (Å²) in [5, 5.41) is 3.03. The first-order valence-electron chi connectivity index (χ1n) is 12.7. The van der Waals surface area contributed by atoms with E-state index in [1.807, 2.05) is 36.1 Å². The van der Waals surface area contributed by atoms with Crippen LogP contribution in [0, 0.1) is 6.92 Å². The number of carbonyl (C=O) groups is 1. The van der Waals surface area contributed by atoms with Crippen molar-refractivity contribution < 1.29 is 14.3 Å². The van der Waals surface area contributed by atoms with Crippen LogP contribution in [0.5, 0.6) is 5.75 Å². The number of rotatable bonds is 6. The lowest BCUT2D eigenvalue weighted by molar-refractivity contribution is 0.122. The quantitative estimate of drug-likeness (QED) is 0.561. The maximum absolute atomic E-state index is 13.2. The summed E-state index contributed by atoms with van der Waals surface area (Å²) in [6.45, 7) is 8.53. The van der Waals surface area contributed by atoms with Gasteiger partial charge in [-0.25, -0.2) is 14.8 Å². The number of nitrogens with zero attached hydrogens (tertiary/aromatic N) is 4. The molecule has 8 nitrogen and oxygen atoms in total. The zero-order valence-electron chi connectivity index (χ0n) is 21.0. The molecule has 5 rings (SSSR count). The van der Waals surface area contributed by atoms with Crippen LogP contribution >= 0.6 is 0 Å². The van der Waals surface area contributed by atoms with E-state index >= 15 is 0 Å². The third-order valence-corrected chi connectivity index (χ3v) is 6.56. The van der Waals surface area contributed by atoms with Crippen LogP contribution in [0.1, 0.15) is 35.1 Å². The average Bonchev–Trinajstić information content (AvgIpc) is 2.90. The number of aromatic nitrogens is 2. The Morgan fingerprint density at radius 1 is 1.08 bits per heavy atom. The molecule has 1 aromatic heterocycles. The van der Waals surface area contributed by atoms with Crippen LogP contribution in [0.4, 0.5) is 16.3 Å². The van der Waals surface area contributed by atoms with Crippen molar-refractivity contribution in [3.8, 4) is 5.75 Å². The molecule has 2 aromatic carbocycles. The number of fused-ring (bicyclic) bond motifs is 1. The van der Waals surface area contributed by atoms with Gasteiger partial charge in [-0.1, -0.05) is 42.0 Å². The van der Waals surface area contributed by atoms with Crippen LogP contribution < -0.4 is 15.0 Å². The SMILES string of the molecule is CCOc1ccccc1NC(=O)N1CCc2nc(Cc3cccc(C)c3)nc(N3CCOCC3)c2C1. The second kappa shape index (κ2) is 11.0. The van der Waals surface area contributed by atoms with Crippen molar-refractivity contribution in [3.05, 3.63) is 76.7 Å². The van der Waals surface area contributed by atoms with Gasteiger partial charge in [0.05, 0.1) is 37.7 Å². The predicted octanol–water partition coefficient (Wildman–Crippen LogP) is 4.20. The molecule has 1 saturated heterocycles. The molecule has 0 bridgehead atoms. The molecule has 0 aliphatic carbocycles. The first-order valence-corrected chi connectivity index (χ1v) is 12.7. The molecule has 0 unspecified atom stereocenters. The van der Waals surface area contributed by atoms with Crippen LogP contribution in [0.25, 0.3) is 0 Å². The fourth-order valence-electron chi connectivity index (χ4n) is 4.79. The van der Waals surface area contributed by atoms with Gasteiger partial charge in [-0.05, 0) is 31.5 Å². The molecule has 188 valence electrons. The standard InChI is InChI=1S/C28H33N5O3/c1-3-36-25-10-5-4-9-24(25)30-28(34)33-12-11-23-22(19-33)27(32-13-15-35-16-14-32)31-26(29-23)18-21-8-6-7-20(2)17-21/h4-10,17H,3,11-16,18-19H2,1-2H3,(H,30,34). The Morgan fingerprint density at radius 2 is 1.92 bits per heavy atom. The molecular weight excluding hydrogens is 454 g/mol. The second-order valence-electron chi connectivity index (χ2n) is 9.18. The summed E-state index contributed by atoms with van der Waals surface area (Å²) in [6, 6.07) is 15.9. The van der Waals surface area contributed by atoms with E-state index in [2.05, 4.69) is 41.4 Å². The lowest BCUT2D eigenvalue weighted by Gasteiger charge is -2.34. The van der Waals surface area contributed by atoms with Crippen molar-refractivity contribution in [2.75, 3.05) is 49.7 Å². The highest BCUT2D eigenvalue weighted by Gasteiger charge is 2.28. The van der Waals surface area contributed by atoms with Gasteiger partial charge in [0, 0.05) is 38.0 Å². The highest BCUT2D eigenvalue weighted by atomic mass is 16.5. The number of aryl methyl sites for hydroxylation is 1. The Labute approximate surface area is 212 Å². The van der Waals surface area contributed by atoms with Crippen LogP contribution in [0.15, 0.2) is 48.5 Å². The number of ether oxygens (including phenoxy) is 2. The Morgan fingerprint density at radius 3 is 2.72 bits per heavy atom. The van der Waals surface area contributed by atoms with Gasteiger partial charge in [-0.3, -0.25) is 0 Å². The smallest absolute Gasteiger partial charge is 0.322 e. The van der Waals surface area contributed by atoms with Gasteiger partial charge in [0.15, 0.2) is 0 Å². The average molecular weight is 488 g/mol. The molecule has 0 radical (unpaired) electrons. The molecule has 36 heavy (non-hydrogen) atoms. The first kappa shape index (κ1) is 24.1. The largest absolute Gasteiger partial charge is 0.492 e. The van der Waals surface area contributed by atoms with Crippen LogP contribution in [-0.4, -0.2) is 60.4 Å². The van der Waals surface area contributed by atoms with Gasteiger partial charge in [-0.15, -0.1) is 0 Å². The van der Waals surface area contributed by atoms with E-state index in [-0.39, 0.29) is 6.03 Å².